The molecule has 8 rings (SSSR count). The maximum absolute atomic E-state index is 14.1. The minimum absolute atomic E-state index is 0.0209. The van der Waals surface area contributed by atoms with E-state index in [2.05, 4.69) is 42.1 Å². The van der Waals surface area contributed by atoms with Gasteiger partial charge in [-0.25, -0.2) is 14.8 Å². The molecule has 1 aromatic carbocycles. The third kappa shape index (κ3) is 4.36. The zero-order valence-electron chi connectivity index (χ0n) is 23.4. The van der Waals surface area contributed by atoms with E-state index in [9.17, 15) is 4.79 Å². The number of thioether (sulfide) groups is 1. The summed E-state index contributed by atoms with van der Waals surface area (Å²) in [4.78, 5) is 35.4. The third-order valence-corrected chi connectivity index (χ3v) is 10.8. The molecule has 7 heterocycles. The van der Waals surface area contributed by atoms with Gasteiger partial charge in [-0.1, -0.05) is 23.7 Å². The summed E-state index contributed by atoms with van der Waals surface area (Å²) in [6.07, 6.45) is 3.80. The molecule has 4 aromatic rings. The summed E-state index contributed by atoms with van der Waals surface area (Å²) in [6.45, 7) is 9.78. The van der Waals surface area contributed by atoms with Crippen molar-refractivity contribution in [1.82, 2.24) is 39.8 Å². The highest BCUT2D eigenvalue weighted by atomic mass is 35.5. The standard InChI is InChI=1S/C28H33ClN10O2S/c1-2-36-5-7-37(8-6-36)13-17-14-42-25-21(23-22-20(41-35-23)10-31-27(30)33-22)19(29)9-18-24(25)39(17)28(40)34-26(18)38-11-15-3-4-16(12-38)32-15/h9-10,15-17,32H,2-8,11-14H2,1H3,(H2,30,31,33)/t15?,16?,17-/m0/s1. The minimum atomic E-state index is -0.216. The molecule has 4 aliphatic rings. The molecule has 3 N–H and O–H groups in total. The van der Waals surface area contributed by atoms with Gasteiger partial charge in [-0.2, -0.15) is 4.98 Å². The zero-order chi connectivity index (χ0) is 28.5. The molecule has 0 radical (unpaired) electrons. The fourth-order valence-electron chi connectivity index (χ4n) is 7.13. The second-order valence-corrected chi connectivity index (χ2v) is 13.2. The Morgan fingerprint density at radius 1 is 1.14 bits per heavy atom. The van der Waals surface area contributed by atoms with E-state index in [0.29, 0.717) is 45.3 Å². The minimum Gasteiger partial charge on any atom is -0.368 e. The Bertz CT molecular complexity index is 1740. The lowest BCUT2D eigenvalue weighted by atomic mass is 10.1. The summed E-state index contributed by atoms with van der Waals surface area (Å²) in [5, 5.41) is 9.46. The quantitative estimate of drug-likeness (QED) is 0.344. The molecule has 0 amide bonds. The van der Waals surface area contributed by atoms with Crippen LogP contribution >= 0.6 is 23.4 Å². The molecule has 0 spiro atoms. The molecular formula is C28H33ClN10O2S. The van der Waals surface area contributed by atoms with Crippen LogP contribution in [0.3, 0.4) is 0 Å². The van der Waals surface area contributed by atoms with Crippen LogP contribution in [0.5, 0.6) is 0 Å². The average molecular weight is 609 g/mol. The lowest BCUT2D eigenvalue weighted by Gasteiger charge is -2.38. The normalized spacial score (nSPS) is 24.7. The molecule has 3 aromatic heterocycles. The van der Waals surface area contributed by atoms with Crippen LogP contribution in [0.15, 0.2) is 26.5 Å². The Morgan fingerprint density at radius 3 is 2.67 bits per heavy atom. The molecule has 0 aliphatic carbocycles. The maximum atomic E-state index is 14.1. The van der Waals surface area contributed by atoms with E-state index < -0.39 is 0 Å². The van der Waals surface area contributed by atoms with Gasteiger partial charge in [0.05, 0.1) is 22.8 Å². The maximum Gasteiger partial charge on any atom is 0.350 e. The number of nitrogens with one attached hydrogen (secondary N) is 1. The van der Waals surface area contributed by atoms with E-state index in [1.54, 1.807) is 11.8 Å². The summed E-state index contributed by atoms with van der Waals surface area (Å²) < 4.78 is 7.50. The van der Waals surface area contributed by atoms with Crippen molar-refractivity contribution in [3.63, 3.8) is 0 Å². The fraction of sp³-hybridized carbons (Fsp3) is 0.536. The van der Waals surface area contributed by atoms with Crippen molar-refractivity contribution in [3.05, 3.63) is 27.8 Å². The van der Waals surface area contributed by atoms with Crippen LogP contribution in [-0.2, 0) is 0 Å². The van der Waals surface area contributed by atoms with E-state index in [1.165, 1.54) is 6.20 Å². The van der Waals surface area contributed by atoms with Gasteiger partial charge in [-0.05, 0) is 25.5 Å². The Hall–Kier alpha value is -2.97. The highest BCUT2D eigenvalue weighted by Gasteiger charge is 2.37. The van der Waals surface area contributed by atoms with Crippen molar-refractivity contribution in [2.75, 3.05) is 68.7 Å². The second kappa shape index (κ2) is 10.3. The highest BCUT2D eigenvalue weighted by Crippen LogP contribution is 2.48. The molecule has 12 nitrogen and oxygen atoms in total. The number of halogens is 1. The Kier molecular flexibility index (Phi) is 6.56. The van der Waals surface area contributed by atoms with E-state index in [0.717, 1.165) is 86.8 Å². The first-order valence-corrected chi connectivity index (χ1v) is 16.1. The molecule has 3 saturated heterocycles. The largest absolute Gasteiger partial charge is 0.368 e. The number of hydrogen-bond acceptors (Lipinski definition) is 12. The molecule has 42 heavy (non-hydrogen) atoms. The second-order valence-electron chi connectivity index (χ2n) is 11.8. The van der Waals surface area contributed by atoms with Crippen LogP contribution in [0.1, 0.15) is 25.8 Å². The number of nitrogen functional groups attached to an aromatic ring is 1. The predicted molar refractivity (Wildman–Crippen MR) is 164 cm³/mol. The lowest BCUT2D eigenvalue weighted by molar-refractivity contribution is 0.126. The smallest absolute Gasteiger partial charge is 0.350 e. The first-order chi connectivity index (χ1) is 20.5. The van der Waals surface area contributed by atoms with Gasteiger partial charge in [-0.3, -0.25) is 9.47 Å². The number of piperazine rings is 2. The van der Waals surface area contributed by atoms with E-state index in [-0.39, 0.29) is 17.7 Å². The monoisotopic (exact) mass is 608 g/mol. The Morgan fingerprint density at radius 2 is 1.90 bits per heavy atom. The van der Waals surface area contributed by atoms with Crippen molar-refractivity contribution in [3.8, 4) is 11.3 Å². The number of rotatable bonds is 5. The summed E-state index contributed by atoms with van der Waals surface area (Å²) in [5.41, 5.74) is 8.71. The first kappa shape index (κ1) is 26.6. The van der Waals surface area contributed by atoms with E-state index >= 15 is 0 Å². The van der Waals surface area contributed by atoms with Crippen LogP contribution in [0, 0.1) is 0 Å². The molecule has 2 unspecified atom stereocenters. The summed E-state index contributed by atoms with van der Waals surface area (Å²) in [5.74, 6) is 1.56. The zero-order valence-corrected chi connectivity index (χ0v) is 25.0. The summed E-state index contributed by atoms with van der Waals surface area (Å²) in [7, 11) is 0. The van der Waals surface area contributed by atoms with Crippen LogP contribution in [-0.4, -0.2) is 105 Å². The SMILES string of the molecule is CCN1CCN(C[C@H]2CSc3c(-c4noc5cnc(N)nc45)c(Cl)cc4c(N5CC6CCC(C5)N6)nc(=O)n2c34)CC1. The molecular weight excluding hydrogens is 576 g/mol. The van der Waals surface area contributed by atoms with Crippen LogP contribution in [0.2, 0.25) is 5.02 Å². The van der Waals surface area contributed by atoms with Crippen LogP contribution in [0.25, 0.3) is 33.3 Å². The van der Waals surface area contributed by atoms with Gasteiger partial charge in [0, 0.05) is 79.5 Å². The average Bonchev–Trinajstić information content (AvgIpc) is 3.56. The first-order valence-electron chi connectivity index (χ1n) is 14.7. The van der Waals surface area contributed by atoms with Gasteiger partial charge in [0.2, 0.25) is 11.5 Å². The lowest BCUT2D eigenvalue weighted by Crippen LogP contribution is -2.52. The molecule has 3 atom stereocenters. The predicted octanol–water partition coefficient (Wildman–Crippen LogP) is 2.46. The molecule has 3 fully saturated rings. The third-order valence-electron chi connectivity index (χ3n) is 9.25. The number of fused-ring (bicyclic) bond motifs is 3. The number of aromatic nitrogens is 5. The van der Waals surface area contributed by atoms with Crippen LogP contribution in [0.4, 0.5) is 11.8 Å². The summed E-state index contributed by atoms with van der Waals surface area (Å²) in [6, 6.07) is 2.74. The number of anilines is 2. The van der Waals surface area contributed by atoms with E-state index in [4.69, 9.17) is 26.8 Å². The Labute approximate surface area is 251 Å². The van der Waals surface area contributed by atoms with Gasteiger partial charge in [0.25, 0.3) is 0 Å². The molecule has 0 saturated carbocycles. The highest BCUT2D eigenvalue weighted by molar-refractivity contribution is 7.99. The van der Waals surface area contributed by atoms with Crippen molar-refractivity contribution in [2.45, 2.75) is 42.8 Å². The van der Waals surface area contributed by atoms with Crippen molar-refractivity contribution in [2.24, 2.45) is 0 Å². The number of benzene rings is 1. The van der Waals surface area contributed by atoms with Crippen LogP contribution < -0.4 is 21.6 Å². The van der Waals surface area contributed by atoms with E-state index in [1.807, 2.05) is 10.6 Å². The topological polar surface area (TPSA) is 134 Å². The van der Waals surface area contributed by atoms with Crippen molar-refractivity contribution < 1.29 is 4.52 Å². The van der Waals surface area contributed by atoms with Gasteiger partial charge in [0.15, 0.2) is 0 Å². The molecule has 14 heteroatoms. The van der Waals surface area contributed by atoms with Gasteiger partial charge in [0.1, 0.15) is 17.0 Å². The Balaban J connectivity index is 1.30. The van der Waals surface area contributed by atoms with Gasteiger partial charge >= 0.3 is 5.69 Å². The number of hydrogen-bond donors (Lipinski definition) is 2. The fourth-order valence-corrected chi connectivity index (χ4v) is 8.79. The van der Waals surface area contributed by atoms with Crippen molar-refractivity contribution in [1.29, 1.82) is 0 Å². The number of nitrogens with two attached hydrogens (primary N) is 1. The number of nitrogens with zero attached hydrogens (tertiary/aromatic N) is 8. The molecule has 4 aliphatic heterocycles. The van der Waals surface area contributed by atoms with Crippen molar-refractivity contribution >= 4 is 57.1 Å². The van der Waals surface area contributed by atoms with Gasteiger partial charge < -0.3 is 25.4 Å². The summed E-state index contributed by atoms with van der Waals surface area (Å²) >= 11 is 8.82. The molecule has 2 bridgehead atoms. The molecule has 220 valence electrons. The number of likely N-dealkylation sites (N-methyl/N-ethyl adjacent to an activating group) is 1. The van der Waals surface area contributed by atoms with Gasteiger partial charge in [-0.15, -0.1) is 11.8 Å².